The van der Waals surface area contributed by atoms with E-state index >= 15 is 0 Å². The van der Waals surface area contributed by atoms with Crippen molar-refractivity contribution in [2.75, 3.05) is 52.5 Å². The van der Waals surface area contributed by atoms with Crippen LogP contribution in [0.25, 0.3) is 0 Å². The molecule has 1 unspecified atom stereocenters. The molecule has 1 amide bonds. The number of ether oxygens (including phenoxy) is 2. The van der Waals surface area contributed by atoms with E-state index in [4.69, 9.17) is 9.47 Å². The predicted molar refractivity (Wildman–Crippen MR) is 89.1 cm³/mol. The third-order valence-electron chi connectivity index (χ3n) is 4.03. The molecule has 2 heterocycles. The van der Waals surface area contributed by atoms with Crippen molar-refractivity contribution in [2.45, 2.75) is 52.6 Å². The molecule has 1 atom stereocenters. The van der Waals surface area contributed by atoms with Gasteiger partial charge >= 0.3 is 0 Å². The number of amides is 1. The molecule has 0 N–H and O–H groups in total. The first-order valence-electron chi connectivity index (χ1n) is 8.99. The summed E-state index contributed by atoms with van der Waals surface area (Å²) in [7, 11) is 0. The predicted octanol–water partition coefficient (Wildman–Crippen LogP) is 2.15. The van der Waals surface area contributed by atoms with Gasteiger partial charge < -0.3 is 14.4 Å². The molecular formula is C17H34N2O3. The number of hydrogen-bond donors (Lipinski definition) is 0. The van der Waals surface area contributed by atoms with E-state index in [0.29, 0.717) is 6.42 Å². The maximum atomic E-state index is 12.3. The van der Waals surface area contributed by atoms with Crippen LogP contribution in [-0.2, 0) is 14.3 Å². The van der Waals surface area contributed by atoms with Gasteiger partial charge in [-0.1, -0.05) is 20.8 Å². The summed E-state index contributed by atoms with van der Waals surface area (Å²) in [5.41, 5.74) is 0. The molecule has 5 heteroatoms. The molecule has 0 aliphatic carbocycles. The zero-order chi connectivity index (χ0) is 16.2. The van der Waals surface area contributed by atoms with E-state index < -0.39 is 0 Å². The van der Waals surface area contributed by atoms with E-state index in [-0.39, 0.29) is 12.0 Å². The molecule has 2 aliphatic rings. The monoisotopic (exact) mass is 314 g/mol. The Labute approximate surface area is 135 Å². The minimum atomic E-state index is 0.246. The average Bonchev–Trinajstić information content (AvgIpc) is 2.60. The van der Waals surface area contributed by atoms with E-state index in [2.05, 4.69) is 11.8 Å². The van der Waals surface area contributed by atoms with Gasteiger partial charge in [-0.15, -0.1) is 0 Å². The Kier molecular flexibility index (Phi) is 10.5. The molecule has 2 aliphatic heterocycles. The number of piperidine rings is 1. The van der Waals surface area contributed by atoms with Crippen LogP contribution in [-0.4, -0.2) is 74.4 Å². The Balaban J connectivity index is 0.00000116. The summed E-state index contributed by atoms with van der Waals surface area (Å²) in [5.74, 6) is 0.279. The quantitative estimate of drug-likeness (QED) is 0.753. The summed E-state index contributed by atoms with van der Waals surface area (Å²) in [6.45, 7) is 13.0. The molecule has 0 radical (unpaired) electrons. The Bertz CT molecular complexity index is 294. The van der Waals surface area contributed by atoms with Crippen molar-refractivity contribution in [1.29, 1.82) is 0 Å². The summed E-state index contributed by atoms with van der Waals surface area (Å²) in [5, 5.41) is 0. The third kappa shape index (κ3) is 7.07. The first-order valence-corrected chi connectivity index (χ1v) is 8.99. The number of carbonyl (C=O) groups is 1. The average molecular weight is 314 g/mol. The van der Waals surface area contributed by atoms with Crippen LogP contribution >= 0.6 is 0 Å². The van der Waals surface area contributed by atoms with E-state index in [1.165, 1.54) is 0 Å². The summed E-state index contributed by atoms with van der Waals surface area (Å²) in [6.07, 6.45) is 4.07. The topological polar surface area (TPSA) is 42.0 Å². The van der Waals surface area contributed by atoms with Crippen molar-refractivity contribution in [3.8, 4) is 0 Å². The standard InChI is InChI=1S/C15H28N2O3.C2H6/c1-2-10-20-14-4-3-6-17(13-14)15(18)5-7-16-8-11-19-12-9-16;1-2/h14H,2-13H2,1H3;1-2H3. The first kappa shape index (κ1) is 19.4. The lowest BCUT2D eigenvalue weighted by atomic mass is 10.1. The first-order chi connectivity index (χ1) is 10.8. The number of carbonyl (C=O) groups excluding carboxylic acids is 1. The summed E-state index contributed by atoms with van der Waals surface area (Å²) in [6, 6.07) is 0. The minimum absolute atomic E-state index is 0.246. The molecule has 0 aromatic rings. The van der Waals surface area contributed by atoms with Gasteiger partial charge in [-0.05, 0) is 19.3 Å². The molecule has 2 saturated heterocycles. The fourth-order valence-corrected chi connectivity index (χ4v) is 2.82. The number of hydrogen-bond acceptors (Lipinski definition) is 4. The van der Waals surface area contributed by atoms with E-state index in [1.807, 2.05) is 18.7 Å². The smallest absolute Gasteiger partial charge is 0.223 e. The van der Waals surface area contributed by atoms with E-state index in [0.717, 1.165) is 71.8 Å². The fourth-order valence-electron chi connectivity index (χ4n) is 2.82. The number of nitrogens with zero attached hydrogens (tertiary/aromatic N) is 2. The maximum absolute atomic E-state index is 12.3. The lowest BCUT2D eigenvalue weighted by molar-refractivity contribution is -0.135. The molecule has 0 aromatic carbocycles. The summed E-state index contributed by atoms with van der Waals surface area (Å²) >= 11 is 0. The fraction of sp³-hybridized carbons (Fsp3) is 0.941. The van der Waals surface area contributed by atoms with Gasteiger partial charge in [0.1, 0.15) is 0 Å². The van der Waals surface area contributed by atoms with Crippen molar-refractivity contribution in [2.24, 2.45) is 0 Å². The lowest BCUT2D eigenvalue weighted by Crippen LogP contribution is -2.45. The second-order valence-electron chi connectivity index (χ2n) is 5.68. The highest BCUT2D eigenvalue weighted by Gasteiger charge is 2.24. The van der Waals surface area contributed by atoms with Gasteiger partial charge in [0.2, 0.25) is 5.91 Å². The Morgan fingerprint density at radius 1 is 1.23 bits per heavy atom. The molecule has 130 valence electrons. The maximum Gasteiger partial charge on any atom is 0.223 e. The molecular weight excluding hydrogens is 280 g/mol. The van der Waals surface area contributed by atoms with Crippen molar-refractivity contribution in [1.82, 2.24) is 9.80 Å². The molecule has 2 fully saturated rings. The van der Waals surface area contributed by atoms with Crippen molar-refractivity contribution in [3.63, 3.8) is 0 Å². The van der Waals surface area contributed by atoms with Crippen molar-refractivity contribution in [3.05, 3.63) is 0 Å². The number of likely N-dealkylation sites (tertiary alicyclic amines) is 1. The van der Waals surface area contributed by atoms with Crippen molar-refractivity contribution >= 4 is 5.91 Å². The molecule has 0 saturated carbocycles. The van der Waals surface area contributed by atoms with Crippen LogP contribution in [0.15, 0.2) is 0 Å². The van der Waals surface area contributed by atoms with Crippen LogP contribution in [0.1, 0.15) is 46.5 Å². The Hall–Kier alpha value is -0.650. The highest BCUT2D eigenvalue weighted by atomic mass is 16.5. The third-order valence-corrected chi connectivity index (χ3v) is 4.03. The highest BCUT2D eigenvalue weighted by Crippen LogP contribution is 2.14. The van der Waals surface area contributed by atoms with Gasteiger partial charge in [-0.2, -0.15) is 0 Å². The van der Waals surface area contributed by atoms with Gasteiger partial charge in [0.25, 0.3) is 0 Å². The van der Waals surface area contributed by atoms with Crippen LogP contribution in [0.5, 0.6) is 0 Å². The van der Waals surface area contributed by atoms with Gasteiger partial charge in [0, 0.05) is 45.8 Å². The van der Waals surface area contributed by atoms with Crippen LogP contribution < -0.4 is 0 Å². The van der Waals surface area contributed by atoms with Gasteiger partial charge in [0.05, 0.1) is 19.3 Å². The highest BCUT2D eigenvalue weighted by molar-refractivity contribution is 5.76. The van der Waals surface area contributed by atoms with Gasteiger partial charge in [-0.3, -0.25) is 9.69 Å². The normalized spacial score (nSPS) is 22.9. The SMILES string of the molecule is CC.CCCOC1CCCN(C(=O)CCN2CCOCC2)C1. The Morgan fingerprint density at radius 2 is 1.95 bits per heavy atom. The molecule has 2 rings (SSSR count). The number of morpholine rings is 1. The second-order valence-corrected chi connectivity index (χ2v) is 5.68. The van der Waals surface area contributed by atoms with Crippen molar-refractivity contribution < 1.29 is 14.3 Å². The molecule has 0 spiro atoms. The Morgan fingerprint density at radius 3 is 2.64 bits per heavy atom. The summed E-state index contributed by atoms with van der Waals surface area (Å²) < 4.78 is 11.1. The van der Waals surface area contributed by atoms with Crippen LogP contribution in [0, 0.1) is 0 Å². The molecule has 0 aromatic heterocycles. The van der Waals surface area contributed by atoms with E-state index in [1.54, 1.807) is 0 Å². The molecule has 22 heavy (non-hydrogen) atoms. The van der Waals surface area contributed by atoms with E-state index in [9.17, 15) is 4.79 Å². The summed E-state index contributed by atoms with van der Waals surface area (Å²) in [4.78, 5) is 16.6. The lowest BCUT2D eigenvalue weighted by Gasteiger charge is -2.33. The molecule has 0 bridgehead atoms. The van der Waals surface area contributed by atoms with Gasteiger partial charge in [0.15, 0.2) is 0 Å². The largest absolute Gasteiger partial charge is 0.379 e. The van der Waals surface area contributed by atoms with Gasteiger partial charge in [-0.25, -0.2) is 0 Å². The number of rotatable bonds is 6. The molecule has 5 nitrogen and oxygen atoms in total. The van der Waals surface area contributed by atoms with Crippen LogP contribution in [0.2, 0.25) is 0 Å². The minimum Gasteiger partial charge on any atom is -0.379 e. The van der Waals surface area contributed by atoms with Crippen LogP contribution in [0.4, 0.5) is 0 Å². The van der Waals surface area contributed by atoms with Crippen LogP contribution in [0.3, 0.4) is 0 Å². The zero-order valence-electron chi connectivity index (χ0n) is 14.7. The zero-order valence-corrected chi connectivity index (χ0v) is 14.7. The second kappa shape index (κ2) is 11.9.